The lowest BCUT2D eigenvalue weighted by Gasteiger charge is -2.63. The first-order valence-electron chi connectivity index (χ1n) is 19.3. The molecule has 7 aliphatic rings. The lowest BCUT2D eigenvalue weighted by molar-refractivity contribution is -0.362. The predicted octanol–water partition coefficient (Wildman–Crippen LogP) is 0.476. The zero-order valence-electron chi connectivity index (χ0n) is 31.2. The number of carbonyl (C=O) groups is 2. The smallest absolute Gasteiger partial charge is 0.331 e. The van der Waals surface area contributed by atoms with Gasteiger partial charge in [0.25, 0.3) is 0 Å². The maximum atomic E-state index is 12.8. The molecule has 300 valence electrons. The van der Waals surface area contributed by atoms with E-state index in [1.54, 1.807) is 6.92 Å². The lowest BCUT2D eigenvalue weighted by Crippen LogP contribution is -2.64. The van der Waals surface area contributed by atoms with E-state index in [4.69, 9.17) is 33.2 Å². The average molecular weight is 755 g/mol. The Bertz CT molecular complexity index is 1410. The van der Waals surface area contributed by atoms with Crippen LogP contribution in [-0.2, 0) is 42.7 Å². The minimum absolute atomic E-state index is 0.00547. The van der Waals surface area contributed by atoms with Crippen LogP contribution in [-0.4, -0.2) is 142 Å². The molecular formula is C38H58O15. The average Bonchev–Trinajstić information content (AvgIpc) is 3.63. The molecule has 0 radical (unpaired) electrons. The molecule has 19 atom stereocenters. The van der Waals surface area contributed by atoms with Gasteiger partial charge in [0.1, 0.15) is 55.4 Å². The third-order valence-electron chi connectivity index (χ3n) is 14.7. The van der Waals surface area contributed by atoms with Crippen molar-refractivity contribution in [2.45, 2.75) is 158 Å². The molecule has 3 heterocycles. The molecule has 3 aliphatic heterocycles. The van der Waals surface area contributed by atoms with Crippen molar-refractivity contribution in [1.82, 2.24) is 0 Å². The Morgan fingerprint density at radius 2 is 1.66 bits per heavy atom. The van der Waals surface area contributed by atoms with Crippen molar-refractivity contribution in [3.63, 3.8) is 0 Å². The number of rotatable bonds is 8. The second-order valence-electron chi connectivity index (χ2n) is 17.3. The minimum atomic E-state index is -1.62. The Kier molecular flexibility index (Phi) is 10.9. The topological polar surface area (TPSA) is 220 Å². The molecule has 0 aromatic heterocycles. The first-order chi connectivity index (χ1) is 25.1. The van der Waals surface area contributed by atoms with E-state index in [9.17, 15) is 40.2 Å². The third kappa shape index (κ3) is 6.49. The second-order valence-corrected chi connectivity index (χ2v) is 17.3. The number of aliphatic hydroxyl groups is 6. The standard InChI is InChI=1S/C38H58O15/c1-17-32(53-34-30(44)29(43)28(42)25(15-39)52-34)33(47-5)31(45)35(49-17)51-21-8-10-36(3)20(13-21)6-7-23-22(36)9-11-37(4)27(19-12-26(41)48-16-19)24(50-18(2)40)14-38(23,37)46/h12,17,20-25,27-35,39,42-46H,6-11,13-16H2,1-5H3/t17-,20+,21-,22-,23+,24-,25+,27-,28+,29-,30+,31+,32-,33-,34-,35-,36-,37+,38-/m0/s1. The zero-order valence-corrected chi connectivity index (χ0v) is 31.2. The van der Waals surface area contributed by atoms with Gasteiger partial charge in [-0.15, -0.1) is 0 Å². The van der Waals surface area contributed by atoms with Gasteiger partial charge in [0.15, 0.2) is 12.6 Å². The van der Waals surface area contributed by atoms with Crippen LogP contribution in [0.15, 0.2) is 11.6 Å². The maximum absolute atomic E-state index is 12.8. The molecule has 53 heavy (non-hydrogen) atoms. The molecule has 0 unspecified atom stereocenters. The van der Waals surface area contributed by atoms with Crippen LogP contribution in [0, 0.1) is 34.5 Å². The molecule has 0 aromatic rings. The minimum Gasteiger partial charge on any atom is -0.462 e. The molecule has 4 aliphatic carbocycles. The number of ether oxygens (including phenoxy) is 7. The molecule has 6 fully saturated rings. The highest BCUT2D eigenvalue weighted by molar-refractivity contribution is 5.85. The van der Waals surface area contributed by atoms with Gasteiger partial charge in [0, 0.05) is 37.9 Å². The van der Waals surface area contributed by atoms with E-state index in [1.807, 2.05) is 0 Å². The normalized spacial score (nSPS) is 52.5. The molecule has 0 aromatic carbocycles. The number of fused-ring (bicyclic) bond motifs is 5. The quantitative estimate of drug-likeness (QED) is 0.147. The van der Waals surface area contributed by atoms with E-state index < -0.39 is 97.1 Å². The van der Waals surface area contributed by atoms with Gasteiger partial charge < -0.3 is 63.8 Å². The van der Waals surface area contributed by atoms with Gasteiger partial charge in [-0.1, -0.05) is 13.8 Å². The molecule has 0 spiro atoms. The number of methoxy groups -OCH3 is 1. The Balaban J connectivity index is 1.02. The fourth-order valence-electron chi connectivity index (χ4n) is 11.9. The van der Waals surface area contributed by atoms with Gasteiger partial charge in [-0.2, -0.15) is 0 Å². The number of hydrogen-bond donors (Lipinski definition) is 6. The monoisotopic (exact) mass is 754 g/mol. The van der Waals surface area contributed by atoms with Crippen LogP contribution in [0.25, 0.3) is 0 Å². The third-order valence-corrected chi connectivity index (χ3v) is 14.7. The molecule has 7 rings (SSSR count). The summed E-state index contributed by atoms with van der Waals surface area (Å²) in [6, 6.07) is 0. The highest BCUT2D eigenvalue weighted by Gasteiger charge is 2.71. The number of aliphatic hydroxyl groups excluding tert-OH is 5. The van der Waals surface area contributed by atoms with Crippen molar-refractivity contribution in [3.05, 3.63) is 11.6 Å². The highest BCUT2D eigenvalue weighted by atomic mass is 16.7. The van der Waals surface area contributed by atoms with E-state index in [1.165, 1.54) is 20.1 Å². The second kappa shape index (κ2) is 14.6. The summed E-state index contributed by atoms with van der Waals surface area (Å²) in [6.45, 7) is 7.09. The van der Waals surface area contributed by atoms with Crippen molar-refractivity contribution in [2.75, 3.05) is 20.3 Å². The van der Waals surface area contributed by atoms with Gasteiger partial charge in [-0.05, 0) is 80.6 Å². The van der Waals surface area contributed by atoms with E-state index in [0.29, 0.717) is 12.3 Å². The van der Waals surface area contributed by atoms with Crippen LogP contribution < -0.4 is 0 Å². The fourth-order valence-corrected chi connectivity index (χ4v) is 11.9. The Hall–Kier alpha value is -1.76. The molecule has 2 saturated heterocycles. The van der Waals surface area contributed by atoms with Crippen molar-refractivity contribution >= 4 is 11.9 Å². The first kappa shape index (κ1) is 39.5. The number of cyclic esters (lactones) is 1. The van der Waals surface area contributed by atoms with Crippen LogP contribution >= 0.6 is 0 Å². The van der Waals surface area contributed by atoms with E-state index in [0.717, 1.165) is 50.5 Å². The SMILES string of the molecule is CO[C@H]1[C@@H](O)[C@H](O[C@H]2CC[C@@]3(C)[C@H](CC[C@@H]4[C@@H]3CC[C@]3(C)[C@@H](C5=CC(=O)OC5)[C@@H](OC(C)=O)C[C@]43O)C2)O[C@@H](C)[C@@H]1O[C@@H]1O[C@H](CO)[C@@H](O)[C@H](O)[C@H]1O. The maximum Gasteiger partial charge on any atom is 0.331 e. The fraction of sp³-hybridized carbons (Fsp3) is 0.895. The molecule has 0 bridgehead atoms. The highest BCUT2D eigenvalue weighted by Crippen LogP contribution is 2.70. The van der Waals surface area contributed by atoms with E-state index >= 15 is 0 Å². The first-order valence-corrected chi connectivity index (χ1v) is 19.3. The number of esters is 2. The summed E-state index contributed by atoms with van der Waals surface area (Å²) in [5.41, 5.74) is -0.960. The summed E-state index contributed by atoms with van der Waals surface area (Å²) in [4.78, 5) is 24.4. The lowest BCUT2D eigenvalue weighted by atomic mass is 9.43. The summed E-state index contributed by atoms with van der Waals surface area (Å²) >= 11 is 0. The van der Waals surface area contributed by atoms with Crippen LogP contribution in [0.5, 0.6) is 0 Å². The Labute approximate surface area is 309 Å². The molecular weight excluding hydrogens is 696 g/mol. The van der Waals surface area contributed by atoms with Gasteiger partial charge in [-0.3, -0.25) is 4.79 Å². The van der Waals surface area contributed by atoms with Crippen LogP contribution in [0.1, 0.15) is 79.1 Å². The Morgan fingerprint density at radius 3 is 2.32 bits per heavy atom. The molecule has 15 nitrogen and oxygen atoms in total. The van der Waals surface area contributed by atoms with Gasteiger partial charge in [0.2, 0.25) is 0 Å². The summed E-state index contributed by atoms with van der Waals surface area (Å²) in [5, 5.41) is 64.8. The van der Waals surface area contributed by atoms with E-state index in [2.05, 4.69) is 13.8 Å². The summed E-state index contributed by atoms with van der Waals surface area (Å²) in [7, 11) is 1.42. The van der Waals surface area contributed by atoms with Crippen molar-refractivity contribution in [1.29, 1.82) is 0 Å². The van der Waals surface area contributed by atoms with Crippen LogP contribution in [0.2, 0.25) is 0 Å². The van der Waals surface area contributed by atoms with Gasteiger partial charge in [0.05, 0.1) is 24.4 Å². The van der Waals surface area contributed by atoms with Crippen LogP contribution in [0.4, 0.5) is 0 Å². The number of carbonyl (C=O) groups excluding carboxylic acids is 2. The predicted molar refractivity (Wildman–Crippen MR) is 181 cm³/mol. The molecule has 6 N–H and O–H groups in total. The largest absolute Gasteiger partial charge is 0.462 e. The van der Waals surface area contributed by atoms with Crippen molar-refractivity contribution in [3.8, 4) is 0 Å². The van der Waals surface area contributed by atoms with Gasteiger partial charge >= 0.3 is 11.9 Å². The summed E-state index contributed by atoms with van der Waals surface area (Å²) in [5.74, 6) is -0.574. The summed E-state index contributed by atoms with van der Waals surface area (Å²) in [6.07, 6.45) is -5.51. The summed E-state index contributed by atoms with van der Waals surface area (Å²) < 4.78 is 41.0. The van der Waals surface area contributed by atoms with Crippen molar-refractivity contribution < 1.29 is 73.4 Å². The molecule has 0 amide bonds. The number of hydrogen-bond acceptors (Lipinski definition) is 15. The Morgan fingerprint density at radius 1 is 0.925 bits per heavy atom. The van der Waals surface area contributed by atoms with Gasteiger partial charge in [-0.25, -0.2) is 4.79 Å². The van der Waals surface area contributed by atoms with Crippen molar-refractivity contribution in [2.24, 2.45) is 34.5 Å². The zero-order chi connectivity index (χ0) is 38.2. The molecule has 15 heteroatoms. The van der Waals surface area contributed by atoms with E-state index in [-0.39, 0.29) is 35.9 Å². The molecule has 4 saturated carbocycles. The van der Waals surface area contributed by atoms with Crippen LogP contribution in [0.3, 0.4) is 0 Å².